The Morgan fingerprint density at radius 1 is 0.310 bits per heavy atom. The molecule has 1 heterocycles. The van der Waals surface area contributed by atoms with Crippen molar-refractivity contribution in [2.24, 2.45) is 0 Å². The van der Waals surface area contributed by atoms with Crippen LogP contribution in [0.2, 0.25) is 0 Å². The SMILES string of the molecule is CC1(C)c2ccccc2-c2ccc(N(c3ccc4c5ccccc5c5ccccc5c5ccccc5c5c(ccc6c7ccccc7sc65)c4c3)c3ccccc3-c3ccc(-c4ccccc4)cc3)cc21. The number of thiophene rings is 1. The smallest absolute Gasteiger partial charge is 0.0540 e. The summed E-state index contributed by atoms with van der Waals surface area (Å²) in [5.74, 6) is 0. The summed E-state index contributed by atoms with van der Waals surface area (Å²) in [6.07, 6.45) is 0. The van der Waals surface area contributed by atoms with Crippen LogP contribution in [0.15, 0.2) is 249 Å². The van der Waals surface area contributed by atoms with Crippen LogP contribution < -0.4 is 4.90 Å². The number of hydrogen-bond acceptors (Lipinski definition) is 2. The van der Waals surface area contributed by atoms with E-state index in [2.05, 4.69) is 267 Å². The molecule has 0 bridgehead atoms. The van der Waals surface area contributed by atoms with Crippen molar-refractivity contribution in [3.05, 3.63) is 260 Å². The van der Waals surface area contributed by atoms with Gasteiger partial charge in [0, 0.05) is 47.9 Å². The average Bonchev–Trinajstić information content (AvgIpc) is 3.92. The van der Waals surface area contributed by atoms with Gasteiger partial charge in [0.25, 0.3) is 0 Å². The number of rotatable bonds is 5. The lowest BCUT2D eigenvalue weighted by Crippen LogP contribution is -2.16. The molecule has 2 heteroatoms. The Bertz CT molecular complexity index is 4370. The van der Waals surface area contributed by atoms with Crippen LogP contribution in [0.3, 0.4) is 0 Å². The van der Waals surface area contributed by atoms with E-state index in [1.165, 1.54) is 119 Å². The fourth-order valence-corrected chi connectivity index (χ4v) is 13.2. The summed E-state index contributed by atoms with van der Waals surface area (Å²) in [6, 6.07) is 92.9. The molecule has 0 aliphatic heterocycles. The molecule has 12 aromatic carbocycles. The lowest BCUT2D eigenvalue weighted by atomic mass is 9.82. The number of anilines is 3. The fraction of sp³-hybridized carbons (Fsp3) is 0.0435. The van der Waals surface area contributed by atoms with E-state index in [4.69, 9.17) is 0 Å². The number of para-hydroxylation sites is 1. The normalized spacial score (nSPS) is 12.8. The minimum Gasteiger partial charge on any atom is -0.310 e. The van der Waals surface area contributed by atoms with Crippen LogP contribution in [0.5, 0.6) is 0 Å². The zero-order valence-corrected chi connectivity index (χ0v) is 40.3. The van der Waals surface area contributed by atoms with Gasteiger partial charge in [0.1, 0.15) is 0 Å². The van der Waals surface area contributed by atoms with Crippen molar-refractivity contribution < 1.29 is 0 Å². The molecule has 71 heavy (non-hydrogen) atoms. The third kappa shape index (κ3) is 6.52. The van der Waals surface area contributed by atoms with Gasteiger partial charge in [-0.25, -0.2) is 0 Å². The highest BCUT2D eigenvalue weighted by atomic mass is 32.1. The first-order valence-electron chi connectivity index (χ1n) is 24.7. The highest BCUT2D eigenvalue weighted by Gasteiger charge is 2.36. The van der Waals surface area contributed by atoms with Crippen molar-refractivity contribution in [2.45, 2.75) is 19.3 Å². The van der Waals surface area contributed by atoms with Crippen molar-refractivity contribution in [3.8, 4) is 33.4 Å². The Balaban J connectivity index is 1.12. The predicted molar refractivity (Wildman–Crippen MR) is 308 cm³/mol. The summed E-state index contributed by atoms with van der Waals surface area (Å²) < 4.78 is 2.60. The molecule has 0 fully saturated rings. The Hall–Kier alpha value is -8.56. The van der Waals surface area contributed by atoms with Crippen molar-refractivity contribution in [3.63, 3.8) is 0 Å². The molecule has 0 spiro atoms. The first kappa shape index (κ1) is 41.4. The van der Waals surface area contributed by atoms with Gasteiger partial charge >= 0.3 is 0 Å². The Kier molecular flexibility index (Phi) is 9.49. The topological polar surface area (TPSA) is 3.24 Å². The van der Waals surface area contributed by atoms with Crippen molar-refractivity contribution in [1.82, 2.24) is 0 Å². The molecule has 13 aromatic rings. The largest absolute Gasteiger partial charge is 0.310 e. The van der Waals surface area contributed by atoms with Gasteiger partial charge in [-0.05, 0) is 124 Å². The maximum absolute atomic E-state index is 2.52. The number of fused-ring (bicyclic) bond motifs is 17. The Labute approximate surface area is 417 Å². The van der Waals surface area contributed by atoms with E-state index in [1.807, 2.05) is 11.3 Å². The molecule has 0 N–H and O–H groups in total. The maximum Gasteiger partial charge on any atom is 0.0540 e. The standard InChI is InChI=1S/C69H47NS/c1-69(2)63-29-15-12-26-56(63)57-39-37-48(43-64(57)69)70(65-30-16-13-20-49(65)46-34-32-45(33-35-46)44-18-4-3-5-19-44)47-36-38-55-53-24-9-7-22-51(53)50-21-6-8-23-52(50)54-25-10-11-28-59(54)67-60(62(55)42-47)40-41-61-58-27-14-17-31-66(58)71-68(61)67/h3-43H,1-2H3. The summed E-state index contributed by atoms with van der Waals surface area (Å²) in [4.78, 5) is 2.52. The van der Waals surface area contributed by atoms with Gasteiger partial charge in [-0.1, -0.05) is 226 Å². The van der Waals surface area contributed by atoms with Gasteiger partial charge in [-0.3, -0.25) is 0 Å². The van der Waals surface area contributed by atoms with Crippen LogP contribution >= 0.6 is 11.3 Å². The van der Waals surface area contributed by atoms with Crippen LogP contribution in [-0.2, 0) is 5.41 Å². The molecule has 0 unspecified atom stereocenters. The Morgan fingerprint density at radius 3 is 1.49 bits per heavy atom. The van der Waals surface area contributed by atoms with Gasteiger partial charge < -0.3 is 4.90 Å². The second kappa shape index (κ2) is 16.3. The van der Waals surface area contributed by atoms with E-state index >= 15 is 0 Å². The molecule has 0 amide bonds. The molecule has 1 aromatic heterocycles. The molecule has 0 radical (unpaired) electrons. The van der Waals surface area contributed by atoms with Crippen molar-refractivity contribution >= 4 is 102 Å². The van der Waals surface area contributed by atoms with Gasteiger partial charge in [-0.15, -0.1) is 11.3 Å². The number of benzene rings is 11. The van der Waals surface area contributed by atoms with E-state index in [9.17, 15) is 0 Å². The highest BCUT2D eigenvalue weighted by Crippen LogP contribution is 2.52. The van der Waals surface area contributed by atoms with E-state index in [0.29, 0.717) is 0 Å². The average molecular weight is 922 g/mol. The van der Waals surface area contributed by atoms with E-state index in [1.54, 1.807) is 0 Å². The molecular formula is C69H47NS. The van der Waals surface area contributed by atoms with Crippen LogP contribution in [0.4, 0.5) is 17.1 Å². The molecule has 334 valence electrons. The molecule has 1 aliphatic carbocycles. The van der Waals surface area contributed by atoms with Crippen molar-refractivity contribution in [1.29, 1.82) is 0 Å². The summed E-state index contributed by atoms with van der Waals surface area (Å²) in [6.45, 7) is 4.76. The monoisotopic (exact) mass is 921 g/mol. The van der Waals surface area contributed by atoms with Crippen molar-refractivity contribution in [2.75, 3.05) is 4.90 Å². The lowest BCUT2D eigenvalue weighted by Gasteiger charge is -2.30. The maximum atomic E-state index is 2.52. The third-order valence-electron chi connectivity index (χ3n) is 15.3. The molecule has 1 nitrogen and oxygen atoms in total. The van der Waals surface area contributed by atoms with Gasteiger partial charge in [0.15, 0.2) is 0 Å². The lowest BCUT2D eigenvalue weighted by molar-refractivity contribution is 0.660. The minimum atomic E-state index is -0.175. The zero-order valence-electron chi connectivity index (χ0n) is 39.5. The summed E-state index contributed by atoms with van der Waals surface area (Å²) in [5, 5.41) is 14.9. The molecule has 0 saturated carbocycles. The Morgan fingerprint density at radius 2 is 0.775 bits per heavy atom. The summed E-state index contributed by atoms with van der Waals surface area (Å²) in [7, 11) is 0. The second-order valence-corrected chi connectivity index (χ2v) is 20.6. The van der Waals surface area contributed by atoms with Gasteiger partial charge in [0.05, 0.1) is 5.69 Å². The number of nitrogens with zero attached hydrogens (tertiary/aromatic N) is 1. The van der Waals surface area contributed by atoms with E-state index < -0.39 is 0 Å². The van der Waals surface area contributed by atoms with Crippen LogP contribution in [-0.4, -0.2) is 0 Å². The number of hydrogen-bond donors (Lipinski definition) is 0. The molecule has 1 aliphatic rings. The first-order valence-corrected chi connectivity index (χ1v) is 25.5. The zero-order chi connectivity index (χ0) is 47.2. The quantitative estimate of drug-likeness (QED) is 0.166. The van der Waals surface area contributed by atoms with Crippen LogP contribution in [0, 0.1) is 0 Å². The first-order chi connectivity index (χ1) is 35.0. The molecule has 14 rings (SSSR count). The van der Waals surface area contributed by atoms with E-state index in [-0.39, 0.29) is 5.41 Å². The molecule has 0 atom stereocenters. The van der Waals surface area contributed by atoms with Gasteiger partial charge in [-0.2, -0.15) is 0 Å². The third-order valence-corrected chi connectivity index (χ3v) is 16.5. The molecule has 0 saturated heterocycles. The highest BCUT2D eigenvalue weighted by molar-refractivity contribution is 7.26. The van der Waals surface area contributed by atoms with Crippen LogP contribution in [0.25, 0.3) is 107 Å². The molecular weight excluding hydrogens is 875 g/mol. The van der Waals surface area contributed by atoms with Crippen LogP contribution in [0.1, 0.15) is 25.0 Å². The second-order valence-electron chi connectivity index (χ2n) is 19.5. The fourth-order valence-electron chi connectivity index (χ4n) is 11.9. The summed E-state index contributed by atoms with van der Waals surface area (Å²) in [5.41, 5.74) is 13.2. The summed E-state index contributed by atoms with van der Waals surface area (Å²) >= 11 is 1.91. The predicted octanol–water partition coefficient (Wildman–Crippen LogP) is 20.1. The minimum absolute atomic E-state index is 0.175. The van der Waals surface area contributed by atoms with E-state index in [0.717, 1.165) is 17.1 Å². The van der Waals surface area contributed by atoms with Gasteiger partial charge in [0.2, 0.25) is 0 Å².